The number of phenolic OH excluding ortho intramolecular Hbond substituents is 1. The molecule has 1 N–H and O–H groups in total. The Labute approximate surface area is 110 Å². The summed E-state index contributed by atoms with van der Waals surface area (Å²) in [6, 6.07) is 14.3. The molecule has 0 amide bonds. The third-order valence-electron chi connectivity index (χ3n) is 2.30. The van der Waals surface area contributed by atoms with Crippen LogP contribution in [-0.4, -0.2) is 17.5 Å². The zero-order valence-corrected chi connectivity index (χ0v) is 10.2. The molecule has 0 unspecified atom stereocenters. The molecule has 0 spiro atoms. The zero-order chi connectivity index (χ0) is 12.8. The second-order valence-corrected chi connectivity index (χ2v) is 3.98. The van der Waals surface area contributed by atoms with Crippen LogP contribution < -0.4 is 0 Å². The Balaban J connectivity index is 2.08. The lowest BCUT2D eigenvalue weighted by Gasteiger charge is -1.95. The second kappa shape index (κ2) is 5.98. The molecule has 90 valence electrons. The third-order valence-corrected chi connectivity index (χ3v) is 2.65. The summed E-state index contributed by atoms with van der Waals surface area (Å²) in [6.07, 6.45) is 3.06. The molecule has 2 aromatic rings. The van der Waals surface area contributed by atoms with E-state index in [0.29, 0.717) is 10.6 Å². The summed E-state index contributed by atoms with van der Waals surface area (Å²) in [7, 11) is 0. The van der Waals surface area contributed by atoms with Crippen molar-refractivity contribution in [1.29, 1.82) is 0 Å². The Hall–Kier alpha value is -2.13. The van der Waals surface area contributed by atoms with E-state index in [-0.39, 0.29) is 5.75 Å². The van der Waals surface area contributed by atoms with Gasteiger partial charge in [-0.25, -0.2) is 0 Å². The molecule has 0 fully saturated rings. The van der Waals surface area contributed by atoms with E-state index < -0.39 is 0 Å². The largest absolute Gasteiger partial charge is 0.507 e. The molecule has 0 atom stereocenters. The summed E-state index contributed by atoms with van der Waals surface area (Å²) in [5.41, 5.74) is 1.42. The van der Waals surface area contributed by atoms with E-state index in [2.05, 4.69) is 10.2 Å². The first-order valence-electron chi connectivity index (χ1n) is 5.36. The Kier molecular flexibility index (Phi) is 4.10. The van der Waals surface area contributed by atoms with E-state index in [0.717, 1.165) is 5.56 Å². The van der Waals surface area contributed by atoms with Gasteiger partial charge in [-0.1, -0.05) is 41.9 Å². The quantitative estimate of drug-likeness (QED) is 0.665. The van der Waals surface area contributed by atoms with Gasteiger partial charge in [0.2, 0.25) is 0 Å². The first-order chi connectivity index (χ1) is 8.77. The minimum Gasteiger partial charge on any atom is -0.507 e. The molecular weight excluding hydrogens is 248 g/mol. The van der Waals surface area contributed by atoms with Crippen molar-refractivity contribution in [2.75, 3.05) is 0 Å². The highest BCUT2D eigenvalue weighted by Crippen LogP contribution is 2.13. The van der Waals surface area contributed by atoms with Gasteiger partial charge in [0.05, 0.1) is 12.4 Å². The van der Waals surface area contributed by atoms with Gasteiger partial charge in [-0.2, -0.15) is 10.2 Å². The molecule has 0 saturated heterocycles. The average Bonchev–Trinajstić information content (AvgIpc) is 2.38. The van der Waals surface area contributed by atoms with Gasteiger partial charge < -0.3 is 5.11 Å². The normalized spacial score (nSPS) is 11.4. The van der Waals surface area contributed by atoms with Crippen LogP contribution in [0.15, 0.2) is 58.7 Å². The molecule has 0 radical (unpaired) electrons. The predicted octanol–water partition coefficient (Wildman–Crippen LogP) is 3.50. The number of halogens is 1. The average molecular weight is 259 g/mol. The van der Waals surface area contributed by atoms with Crippen LogP contribution in [0.2, 0.25) is 5.02 Å². The number of hydrogen-bond acceptors (Lipinski definition) is 3. The predicted molar refractivity (Wildman–Crippen MR) is 74.7 cm³/mol. The Morgan fingerprint density at radius 3 is 2.06 bits per heavy atom. The highest BCUT2D eigenvalue weighted by Gasteiger charge is 1.94. The summed E-state index contributed by atoms with van der Waals surface area (Å²) in [5, 5.41) is 17.9. The Bertz CT molecular complexity index is 540. The van der Waals surface area contributed by atoms with Crippen molar-refractivity contribution in [1.82, 2.24) is 0 Å². The molecule has 2 aromatic carbocycles. The maximum Gasteiger partial charge on any atom is 0.124 e. The van der Waals surface area contributed by atoms with Crippen molar-refractivity contribution in [2.45, 2.75) is 0 Å². The highest BCUT2D eigenvalue weighted by molar-refractivity contribution is 6.33. The van der Waals surface area contributed by atoms with Gasteiger partial charge in [0.15, 0.2) is 0 Å². The summed E-state index contributed by atoms with van der Waals surface area (Å²) in [5.74, 6) is 0.175. The fourth-order valence-electron chi connectivity index (χ4n) is 1.37. The lowest BCUT2D eigenvalue weighted by molar-refractivity contribution is 0.474. The first kappa shape index (κ1) is 12.3. The van der Waals surface area contributed by atoms with Gasteiger partial charge in [-0.15, -0.1) is 0 Å². The SMILES string of the molecule is Oc1ccccc1/C=N/N=C\c1ccccc1Cl. The van der Waals surface area contributed by atoms with Crippen molar-refractivity contribution < 1.29 is 5.11 Å². The number of nitrogens with zero attached hydrogens (tertiary/aromatic N) is 2. The summed E-state index contributed by atoms with van der Waals surface area (Å²) in [4.78, 5) is 0. The van der Waals surface area contributed by atoms with E-state index >= 15 is 0 Å². The van der Waals surface area contributed by atoms with E-state index in [1.54, 1.807) is 30.5 Å². The van der Waals surface area contributed by atoms with Crippen LogP contribution in [0.25, 0.3) is 0 Å². The van der Waals surface area contributed by atoms with E-state index in [4.69, 9.17) is 11.6 Å². The van der Waals surface area contributed by atoms with Crippen molar-refractivity contribution in [3.05, 3.63) is 64.7 Å². The van der Waals surface area contributed by atoms with Gasteiger partial charge in [0.25, 0.3) is 0 Å². The van der Waals surface area contributed by atoms with Gasteiger partial charge in [-0.05, 0) is 18.2 Å². The Morgan fingerprint density at radius 2 is 1.39 bits per heavy atom. The van der Waals surface area contributed by atoms with Crippen LogP contribution in [0.3, 0.4) is 0 Å². The molecule has 4 heteroatoms. The van der Waals surface area contributed by atoms with Crippen LogP contribution in [-0.2, 0) is 0 Å². The summed E-state index contributed by atoms with van der Waals surface area (Å²) in [6.45, 7) is 0. The summed E-state index contributed by atoms with van der Waals surface area (Å²) < 4.78 is 0. The lowest BCUT2D eigenvalue weighted by Crippen LogP contribution is -1.82. The van der Waals surface area contributed by atoms with Crippen LogP contribution in [0.1, 0.15) is 11.1 Å². The third kappa shape index (κ3) is 3.18. The van der Waals surface area contributed by atoms with Crippen LogP contribution in [0, 0.1) is 0 Å². The molecule has 18 heavy (non-hydrogen) atoms. The Morgan fingerprint density at radius 1 is 0.833 bits per heavy atom. The van der Waals surface area contributed by atoms with Gasteiger partial charge in [0.1, 0.15) is 5.75 Å². The fraction of sp³-hybridized carbons (Fsp3) is 0. The van der Waals surface area contributed by atoms with Gasteiger partial charge in [0, 0.05) is 16.1 Å². The fourth-order valence-corrected chi connectivity index (χ4v) is 1.55. The molecule has 0 heterocycles. The van der Waals surface area contributed by atoms with Gasteiger partial charge in [-0.3, -0.25) is 0 Å². The number of rotatable bonds is 3. The molecule has 3 nitrogen and oxygen atoms in total. The van der Waals surface area contributed by atoms with E-state index in [1.807, 2.05) is 24.3 Å². The minimum atomic E-state index is 0.175. The molecule has 0 aliphatic rings. The summed E-state index contributed by atoms with van der Waals surface area (Å²) >= 11 is 5.96. The molecule has 0 bridgehead atoms. The van der Waals surface area contributed by atoms with Gasteiger partial charge >= 0.3 is 0 Å². The van der Waals surface area contributed by atoms with Crippen molar-refractivity contribution in [3.8, 4) is 5.75 Å². The number of hydrogen-bond donors (Lipinski definition) is 1. The number of para-hydroxylation sites is 1. The number of benzene rings is 2. The molecule has 2 rings (SSSR count). The molecular formula is C14H11ClN2O. The molecule has 0 aliphatic heterocycles. The zero-order valence-electron chi connectivity index (χ0n) is 9.49. The van der Waals surface area contributed by atoms with Crippen LogP contribution in [0.5, 0.6) is 5.75 Å². The van der Waals surface area contributed by atoms with Crippen molar-refractivity contribution in [2.24, 2.45) is 10.2 Å². The highest BCUT2D eigenvalue weighted by atomic mass is 35.5. The minimum absolute atomic E-state index is 0.175. The lowest BCUT2D eigenvalue weighted by atomic mass is 10.2. The number of aromatic hydroxyl groups is 1. The monoisotopic (exact) mass is 258 g/mol. The van der Waals surface area contributed by atoms with Crippen LogP contribution >= 0.6 is 11.6 Å². The standard InChI is InChI=1S/C14H11ClN2O/c15-13-7-3-1-5-11(13)9-16-17-10-12-6-2-4-8-14(12)18/h1-10,18H/b16-9-,17-10+. The van der Waals surface area contributed by atoms with Crippen molar-refractivity contribution in [3.63, 3.8) is 0 Å². The second-order valence-electron chi connectivity index (χ2n) is 3.57. The molecule has 0 saturated carbocycles. The number of phenols is 1. The molecule has 0 aromatic heterocycles. The van der Waals surface area contributed by atoms with E-state index in [1.165, 1.54) is 6.21 Å². The molecule has 0 aliphatic carbocycles. The topological polar surface area (TPSA) is 45.0 Å². The maximum absolute atomic E-state index is 9.51. The van der Waals surface area contributed by atoms with E-state index in [9.17, 15) is 5.11 Å². The maximum atomic E-state index is 9.51. The first-order valence-corrected chi connectivity index (χ1v) is 5.74. The van der Waals surface area contributed by atoms with Crippen molar-refractivity contribution >= 4 is 24.0 Å². The smallest absolute Gasteiger partial charge is 0.124 e. The van der Waals surface area contributed by atoms with Crippen LogP contribution in [0.4, 0.5) is 0 Å².